The van der Waals surface area contributed by atoms with E-state index >= 15 is 0 Å². The second kappa shape index (κ2) is 5.32. The highest BCUT2D eigenvalue weighted by Gasteiger charge is 2.20. The van der Waals surface area contributed by atoms with Crippen molar-refractivity contribution in [3.05, 3.63) is 34.6 Å². The molecule has 0 bridgehead atoms. The number of aromatic amines is 1. The lowest BCUT2D eigenvalue weighted by Crippen LogP contribution is -2.33. The summed E-state index contributed by atoms with van der Waals surface area (Å²) in [7, 11) is 0. The van der Waals surface area contributed by atoms with Gasteiger partial charge >= 0.3 is 5.97 Å². The number of fused-ring (bicyclic) bond motifs is 1. The lowest BCUT2D eigenvalue weighted by atomic mass is 9.99. The minimum Gasteiger partial charge on any atom is -0.481 e. The van der Waals surface area contributed by atoms with E-state index in [1.165, 1.54) is 0 Å². The van der Waals surface area contributed by atoms with Crippen molar-refractivity contribution in [1.82, 2.24) is 9.97 Å². The van der Waals surface area contributed by atoms with Crippen LogP contribution in [-0.2, 0) is 4.79 Å². The van der Waals surface area contributed by atoms with Gasteiger partial charge in [0.1, 0.15) is 0 Å². The molecule has 2 rings (SSSR count). The zero-order chi connectivity index (χ0) is 14.8. The maximum Gasteiger partial charge on any atom is 0.303 e. The van der Waals surface area contributed by atoms with Gasteiger partial charge in [0.05, 0.1) is 10.9 Å². The fourth-order valence-electron chi connectivity index (χ4n) is 1.95. The summed E-state index contributed by atoms with van der Waals surface area (Å²) < 4.78 is 0. The van der Waals surface area contributed by atoms with Crippen LogP contribution in [0, 0.1) is 0 Å². The third-order valence-corrected chi connectivity index (χ3v) is 3.03. The normalized spacial score (nSPS) is 11.5. The van der Waals surface area contributed by atoms with Crippen molar-refractivity contribution in [1.29, 1.82) is 0 Å². The number of rotatable bonds is 5. The smallest absolute Gasteiger partial charge is 0.303 e. The van der Waals surface area contributed by atoms with Crippen LogP contribution >= 0.6 is 0 Å². The molecule has 0 fully saturated rings. The Bertz CT molecular complexity index is 691. The van der Waals surface area contributed by atoms with E-state index in [-0.39, 0.29) is 12.0 Å². The van der Waals surface area contributed by atoms with Crippen molar-refractivity contribution in [3.8, 4) is 0 Å². The molecule has 0 aliphatic rings. The molecule has 20 heavy (non-hydrogen) atoms. The van der Waals surface area contributed by atoms with Gasteiger partial charge in [-0.2, -0.15) is 0 Å². The molecule has 1 heterocycles. The molecule has 0 atom stereocenters. The number of aliphatic carboxylic acids is 1. The summed E-state index contributed by atoms with van der Waals surface area (Å²) in [6.45, 7) is 3.73. The molecule has 0 radical (unpaired) electrons. The molecular formula is C14H17N3O3. The molecule has 0 spiro atoms. The summed E-state index contributed by atoms with van der Waals surface area (Å²) in [5.74, 6) is -0.496. The lowest BCUT2D eigenvalue weighted by Gasteiger charge is -2.25. The van der Waals surface area contributed by atoms with Gasteiger partial charge in [0.15, 0.2) is 0 Å². The Kier molecular flexibility index (Phi) is 3.74. The maximum atomic E-state index is 11.9. The Balaban J connectivity index is 2.25. The van der Waals surface area contributed by atoms with Crippen molar-refractivity contribution < 1.29 is 9.90 Å². The fraction of sp³-hybridized carbons (Fsp3) is 0.357. The number of anilines is 1. The Morgan fingerprint density at radius 2 is 2.10 bits per heavy atom. The maximum absolute atomic E-state index is 11.9. The Hall–Kier alpha value is -2.37. The Labute approximate surface area is 115 Å². The number of hydrogen-bond acceptors (Lipinski definition) is 4. The van der Waals surface area contributed by atoms with Gasteiger partial charge < -0.3 is 10.4 Å². The highest BCUT2D eigenvalue weighted by atomic mass is 16.4. The van der Waals surface area contributed by atoms with Crippen molar-refractivity contribution in [2.24, 2.45) is 0 Å². The zero-order valence-corrected chi connectivity index (χ0v) is 11.4. The molecule has 0 saturated carbocycles. The van der Waals surface area contributed by atoms with Gasteiger partial charge in [0.25, 0.3) is 5.56 Å². The second-order valence-electron chi connectivity index (χ2n) is 5.33. The third kappa shape index (κ3) is 3.34. The molecule has 3 N–H and O–H groups in total. The van der Waals surface area contributed by atoms with Crippen molar-refractivity contribution in [3.63, 3.8) is 0 Å². The molecule has 0 aliphatic heterocycles. The van der Waals surface area contributed by atoms with E-state index in [1.807, 2.05) is 19.9 Å². The summed E-state index contributed by atoms with van der Waals surface area (Å²) in [4.78, 5) is 29.6. The van der Waals surface area contributed by atoms with Crippen LogP contribution in [0.1, 0.15) is 26.7 Å². The number of hydrogen-bond donors (Lipinski definition) is 3. The van der Waals surface area contributed by atoms with Crippen LogP contribution in [0.25, 0.3) is 10.9 Å². The van der Waals surface area contributed by atoms with Gasteiger partial charge in [-0.15, -0.1) is 0 Å². The van der Waals surface area contributed by atoms with Crippen LogP contribution in [0.3, 0.4) is 0 Å². The average molecular weight is 275 g/mol. The number of nitrogens with zero attached hydrogens (tertiary/aromatic N) is 1. The largest absolute Gasteiger partial charge is 0.481 e. The fourth-order valence-corrected chi connectivity index (χ4v) is 1.95. The summed E-state index contributed by atoms with van der Waals surface area (Å²) in [6.07, 6.45) is 0.483. The Morgan fingerprint density at radius 3 is 2.80 bits per heavy atom. The molecule has 1 aromatic carbocycles. The number of carbonyl (C=O) groups is 1. The predicted octanol–water partition coefficient (Wildman–Crippen LogP) is 1.98. The highest BCUT2D eigenvalue weighted by Crippen LogP contribution is 2.17. The highest BCUT2D eigenvalue weighted by molar-refractivity contribution is 5.78. The summed E-state index contributed by atoms with van der Waals surface area (Å²) >= 11 is 0. The second-order valence-corrected chi connectivity index (χ2v) is 5.33. The van der Waals surface area contributed by atoms with Gasteiger partial charge in [-0.05, 0) is 32.4 Å². The van der Waals surface area contributed by atoms with E-state index in [9.17, 15) is 9.59 Å². The summed E-state index contributed by atoms with van der Waals surface area (Å²) in [6, 6.07) is 7.07. The van der Waals surface area contributed by atoms with Crippen LogP contribution in [0.4, 0.5) is 5.95 Å². The van der Waals surface area contributed by atoms with E-state index in [2.05, 4.69) is 15.3 Å². The van der Waals surface area contributed by atoms with Crippen LogP contribution < -0.4 is 10.9 Å². The van der Waals surface area contributed by atoms with Crippen molar-refractivity contribution >= 4 is 22.8 Å². The van der Waals surface area contributed by atoms with E-state index in [4.69, 9.17) is 5.11 Å². The molecule has 1 aromatic heterocycles. The standard InChI is InChI=1S/C14H17N3O3/c1-14(2,8-7-11(18)19)17-13-15-10-6-4-3-5-9(10)12(20)16-13/h3-6H,7-8H2,1-2H3,(H,18,19)(H2,15,16,17,20). The van der Waals surface area contributed by atoms with Gasteiger partial charge in [-0.25, -0.2) is 4.98 Å². The van der Waals surface area contributed by atoms with E-state index < -0.39 is 11.5 Å². The number of aromatic nitrogens is 2. The van der Waals surface area contributed by atoms with Gasteiger partial charge in [-0.3, -0.25) is 14.6 Å². The number of carboxylic acids is 1. The minimum absolute atomic E-state index is 0.0534. The molecule has 6 nitrogen and oxygen atoms in total. The van der Waals surface area contributed by atoms with Crippen molar-refractivity contribution in [2.45, 2.75) is 32.2 Å². The predicted molar refractivity (Wildman–Crippen MR) is 76.9 cm³/mol. The first-order chi connectivity index (χ1) is 9.37. The number of nitrogens with one attached hydrogen (secondary N) is 2. The first-order valence-corrected chi connectivity index (χ1v) is 6.36. The molecule has 6 heteroatoms. The van der Waals surface area contributed by atoms with Gasteiger partial charge in [-0.1, -0.05) is 12.1 Å². The van der Waals surface area contributed by atoms with E-state index in [0.717, 1.165) is 0 Å². The first-order valence-electron chi connectivity index (χ1n) is 6.36. The topological polar surface area (TPSA) is 95.1 Å². The lowest BCUT2D eigenvalue weighted by molar-refractivity contribution is -0.137. The van der Waals surface area contributed by atoms with Crippen molar-refractivity contribution in [2.75, 3.05) is 5.32 Å². The Morgan fingerprint density at radius 1 is 1.40 bits per heavy atom. The van der Waals surface area contributed by atoms with Crippen LogP contribution in [0.2, 0.25) is 0 Å². The summed E-state index contributed by atoms with van der Waals surface area (Å²) in [5, 5.41) is 12.3. The third-order valence-electron chi connectivity index (χ3n) is 3.03. The van der Waals surface area contributed by atoms with Crippen LogP contribution in [0.5, 0.6) is 0 Å². The molecule has 0 unspecified atom stereocenters. The van der Waals surface area contributed by atoms with Crippen LogP contribution in [0.15, 0.2) is 29.1 Å². The summed E-state index contributed by atoms with van der Waals surface area (Å²) in [5.41, 5.74) is -0.0866. The number of benzene rings is 1. The van der Waals surface area contributed by atoms with E-state index in [0.29, 0.717) is 23.3 Å². The number of H-pyrrole nitrogens is 1. The SMILES string of the molecule is CC(C)(CCC(=O)O)Nc1nc2ccccc2c(=O)[nH]1. The molecular weight excluding hydrogens is 258 g/mol. The molecule has 0 aliphatic carbocycles. The van der Waals surface area contributed by atoms with Gasteiger partial charge in [0.2, 0.25) is 5.95 Å². The monoisotopic (exact) mass is 275 g/mol. The van der Waals surface area contributed by atoms with E-state index in [1.54, 1.807) is 18.2 Å². The number of carboxylic acid groups (broad SMARTS) is 1. The molecule has 106 valence electrons. The quantitative estimate of drug-likeness (QED) is 0.775. The first kappa shape index (κ1) is 14.0. The number of para-hydroxylation sites is 1. The molecule has 2 aromatic rings. The molecule has 0 amide bonds. The minimum atomic E-state index is -0.847. The molecule has 0 saturated heterocycles. The average Bonchev–Trinajstić information content (AvgIpc) is 2.36. The zero-order valence-electron chi connectivity index (χ0n) is 11.4. The van der Waals surface area contributed by atoms with Gasteiger partial charge in [0, 0.05) is 12.0 Å². The van der Waals surface area contributed by atoms with Crippen LogP contribution in [-0.4, -0.2) is 26.6 Å².